The molecule has 19 heavy (non-hydrogen) atoms. The van der Waals surface area contributed by atoms with Crippen LogP contribution in [0.15, 0.2) is 23.1 Å². The summed E-state index contributed by atoms with van der Waals surface area (Å²) >= 11 is 5.75. The van der Waals surface area contributed by atoms with Gasteiger partial charge < -0.3 is 5.32 Å². The molecule has 1 atom stereocenters. The molecule has 0 unspecified atom stereocenters. The third kappa shape index (κ3) is 3.89. The predicted octanol–water partition coefficient (Wildman–Crippen LogP) is 1.90. The number of benzene rings is 1. The fourth-order valence-corrected chi connectivity index (χ4v) is 3.72. The number of nitrogens with one attached hydrogen (secondary N) is 2. The van der Waals surface area contributed by atoms with E-state index in [9.17, 15) is 12.8 Å². The molecule has 1 aromatic carbocycles. The van der Waals surface area contributed by atoms with Crippen LogP contribution in [0.5, 0.6) is 0 Å². The van der Waals surface area contributed by atoms with E-state index < -0.39 is 15.8 Å². The van der Waals surface area contributed by atoms with Crippen molar-refractivity contribution in [3.05, 3.63) is 29.0 Å². The Kier molecular flexibility index (Phi) is 4.78. The third-order valence-corrected chi connectivity index (χ3v) is 5.07. The lowest BCUT2D eigenvalue weighted by Crippen LogP contribution is -2.30. The van der Waals surface area contributed by atoms with Crippen LogP contribution in [-0.4, -0.2) is 27.5 Å². The Bertz CT molecular complexity index is 545. The Morgan fingerprint density at radius 3 is 2.89 bits per heavy atom. The van der Waals surface area contributed by atoms with Gasteiger partial charge in [-0.3, -0.25) is 0 Å². The van der Waals surface area contributed by atoms with Gasteiger partial charge in [-0.05, 0) is 44.0 Å². The van der Waals surface area contributed by atoms with E-state index in [0.29, 0.717) is 12.6 Å². The molecule has 2 N–H and O–H groups in total. The number of sulfonamides is 1. The maximum Gasteiger partial charge on any atom is 0.242 e. The van der Waals surface area contributed by atoms with E-state index >= 15 is 0 Å². The van der Waals surface area contributed by atoms with Gasteiger partial charge in [0.2, 0.25) is 10.0 Å². The van der Waals surface area contributed by atoms with Crippen LogP contribution in [0.1, 0.15) is 19.3 Å². The molecule has 106 valence electrons. The lowest BCUT2D eigenvalue weighted by atomic mass is 10.2. The zero-order chi connectivity index (χ0) is 13.9. The number of halogens is 2. The Labute approximate surface area is 117 Å². The summed E-state index contributed by atoms with van der Waals surface area (Å²) in [5.41, 5.74) is 0. The maximum atomic E-state index is 12.9. The van der Waals surface area contributed by atoms with Gasteiger partial charge in [0, 0.05) is 12.6 Å². The summed E-state index contributed by atoms with van der Waals surface area (Å²) in [5, 5.41) is 3.19. The molecule has 0 spiro atoms. The zero-order valence-electron chi connectivity index (χ0n) is 10.3. The highest BCUT2D eigenvalue weighted by molar-refractivity contribution is 7.89. The summed E-state index contributed by atoms with van der Waals surface area (Å²) in [4.78, 5) is -0.0880. The van der Waals surface area contributed by atoms with Crippen molar-refractivity contribution in [1.29, 1.82) is 0 Å². The van der Waals surface area contributed by atoms with E-state index in [4.69, 9.17) is 11.6 Å². The minimum Gasteiger partial charge on any atom is -0.314 e. The second-order valence-electron chi connectivity index (χ2n) is 4.55. The van der Waals surface area contributed by atoms with Crippen LogP contribution in [0.2, 0.25) is 5.02 Å². The van der Waals surface area contributed by atoms with Gasteiger partial charge in [-0.15, -0.1) is 0 Å². The van der Waals surface area contributed by atoms with Crippen LogP contribution < -0.4 is 10.0 Å². The Balaban J connectivity index is 1.97. The average Bonchev–Trinajstić information content (AvgIpc) is 2.81. The summed E-state index contributed by atoms with van der Waals surface area (Å²) in [5.74, 6) is -0.556. The summed E-state index contributed by atoms with van der Waals surface area (Å²) in [6.45, 7) is 1.33. The van der Waals surface area contributed by atoms with Crippen molar-refractivity contribution in [2.45, 2.75) is 30.2 Å². The third-order valence-electron chi connectivity index (χ3n) is 3.13. The van der Waals surface area contributed by atoms with Crippen molar-refractivity contribution in [3.8, 4) is 0 Å². The van der Waals surface area contributed by atoms with Gasteiger partial charge >= 0.3 is 0 Å². The van der Waals surface area contributed by atoms with Gasteiger partial charge in [-0.1, -0.05) is 11.6 Å². The van der Waals surface area contributed by atoms with Crippen LogP contribution in [0.3, 0.4) is 0 Å². The second kappa shape index (κ2) is 6.17. The molecule has 1 aliphatic heterocycles. The van der Waals surface area contributed by atoms with Crippen LogP contribution in [0, 0.1) is 5.82 Å². The molecule has 1 saturated heterocycles. The number of hydrogen-bond donors (Lipinski definition) is 2. The summed E-state index contributed by atoms with van der Waals surface area (Å²) in [6, 6.07) is 3.62. The largest absolute Gasteiger partial charge is 0.314 e. The highest BCUT2D eigenvalue weighted by Gasteiger charge is 2.19. The van der Waals surface area contributed by atoms with Crippen molar-refractivity contribution in [1.82, 2.24) is 10.0 Å². The van der Waals surface area contributed by atoms with E-state index in [-0.39, 0.29) is 9.92 Å². The molecule has 1 aliphatic rings. The summed E-state index contributed by atoms with van der Waals surface area (Å²) in [6.07, 6.45) is 2.93. The highest BCUT2D eigenvalue weighted by atomic mass is 35.5. The Hall–Kier alpha value is -0.690. The van der Waals surface area contributed by atoms with Crippen molar-refractivity contribution in [2.75, 3.05) is 13.1 Å². The van der Waals surface area contributed by atoms with Gasteiger partial charge in [-0.2, -0.15) is 0 Å². The lowest BCUT2D eigenvalue weighted by molar-refractivity contribution is 0.539. The molecule has 1 fully saturated rings. The van der Waals surface area contributed by atoms with Crippen LogP contribution in [-0.2, 0) is 10.0 Å². The molecule has 0 bridgehead atoms. The van der Waals surface area contributed by atoms with Crippen molar-refractivity contribution >= 4 is 21.6 Å². The summed E-state index contributed by atoms with van der Waals surface area (Å²) < 4.78 is 39.4. The zero-order valence-corrected chi connectivity index (χ0v) is 11.9. The first-order valence-corrected chi connectivity index (χ1v) is 8.03. The van der Waals surface area contributed by atoms with Crippen molar-refractivity contribution in [3.63, 3.8) is 0 Å². The normalized spacial score (nSPS) is 19.8. The van der Waals surface area contributed by atoms with Crippen LogP contribution in [0.25, 0.3) is 0 Å². The molecule has 0 amide bonds. The molecule has 0 aliphatic carbocycles. The van der Waals surface area contributed by atoms with Crippen LogP contribution >= 0.6 is 11.6 Å². The molecule has 4 nitrogen and oxygen atoms in total. The van der Waals surface area contributed by atoms with Gasteiger partial charge in [-0.25, -0.2) is 17.5 Å². The standard InChI is InChI=1S/C12H16ClFN2O2S/c13-11-8-9(14)3-4-12(11)19(17,18)16-7-5-10-2-1-6-15-10/h3-4,8,10,15-16H,1-2,5-7H2/t10-/m0/s1. The van der Waals surface area contributed by atoms with E-state index in [1.807, 2.05) is 0 Å². The lowest BCUT2D eigenvalue weighted by Gasteiger charge is -2.12. The van der Waals surface area contributed by atoms with Crippen molar-refractivity contribution < 1.29 is 12.8 Å². The Morgan fingerprint density at radius 2 is 2.26 bits per heavy atom. The minimum atomic E-state index is -3.68. The monoisotopic (exact) mass is 306 g/mol. The maximum absolute atomic E-state index is 12.9. The minimum absolute atomic E-state index is 0.0880. The first kappa shape index (κ1) is 14.7. The van der Waals surface area contributed by atoms with Crippen LogP contribution in [0.4, 0.5) is 4.39 Å². The van der Waals surface area contributed by atoms with Crippen molar-refractivity contribution in [2.24, 2.45) is 0 Å². The van der Waals surface area contributed by atoms with E-state index in [1.54, 1.807) is 0 Å². The number of rotatable bonds is 5. The smallest absolute Gasteiger partial charge is 0.242 e. The van der Waals surface area contributed by atoms with Gasteiger partial charge in [0.25, 0.3) is 0 Å². The van der Waals surface area contributed by atoms with E-state index in [1.165, 1.54) is 6.07 Å². The molecular formula is C12H16ClFN2O2S. The molecule has 0 saturated carbocycles. The SMILES string of the molecule is O=S(=O)(NCC[C@@H]1CCCN1)c1ccc(F)cc1Cl. The quantitative estimate of drug-likeness (QED) is 0.873. The van der Waals surface area contributed by atoms with E-state index in [2.05, 4.69) is 10.0 Å². The highest BCUT2D eigenvalue weighted by Crippen LogP contribution is 2.22. The second-order valence-corrected chi connectivity index (χ2v) is 6.70. The van der Waals surface area contributed by atoms with E-state index in [0.717, 1.165) is 37.9 Å². The van der Waals surface area contributed by atoms with Gasteiger partial charge in [0.15, 0.2) is 0 Å². The molecule has 1 heterocycles. The fourth-order valence-electron chi connectivity index (χ4n) is 2.14. The fraction of sp³-hybridized carbons (Fsp3) is 0.500. The Morgan fingerprint density at radius 1 is 1.47 bits per heavy atom. The molecular weight excluding hydrogens is 291 g/mol. The first-order valence-electron chi connectivity index (χ1n) is 6.17. The topological polar surface area (TPSA) is 58.2 Å². The van der Waals surface area contributed by atoms with Gasteiger partial charge in [0.1, 0.15) is 10.7 Å². The average molecular weight is 307 g/mol. The predicted molar refractivity (Wildman–Crippen MR) is 72.2 cm³/mol. The molecule has 0 aromatic heterocycles. The number of hydrogen-bond acceptors (Lipinski definition) is 3. The molecule has 0 radical (unpaired) electrons. The first-order chi connectivity index (χ1) is 8.99. The summed E-state index contributed by atoms with van der Waals surface area (Å²) in [7, 11) is -3.68. The molecule has 1 aromatic rings. The molecule has 7 heteroatoms. The van der Waals surface area contributed by atoms with Gasteiger partial charge in [0.05, 0.1) is 5.02 Å². The molecule has 2 rings (SSSR count).